The number of aliphatic hydroxyl groups is 1. The Hall–Kier alpha value is -3.79. The van der Waals surface area contributed by atoms with E-state index in [4.69, 9.17) is 15.2 Å². The second kappa shape index (κ2) is 12.5. The topological polar surface area (TPSA) is 143 Å². The number of fused-ring (bicyclic) bond motifs is 3. The van der Waals surface area contributed by atoms with Crippen LogP contribution >= 0.6 is 0 Å². The Morgan fingerprint density at radius 2 is 2.00 bits per heavy atom. The van der Waals surface area contributed by atoms with Gasteiger partial charge in [-0.25, -0.2) is 4.79 Å². The molecule has 1 fully saturated rings. The van der Waals surface area contributed by atoms with Gasteiger partial charge in [-0.15, -0.1) is 0 Å². The minimum atomic E-state index is -2.08. The number of aliphatic hydroxyl groups excluding tert-OH is 1. The smallest absolute Gasteiger partial charge is 0.350 e. The van der Waals surface area contributed by atoms with Crippen molar-refractivity contribution in [3.8, 4) is 0 Å². The van der Waals surface area contributed by atoms with Crippen molar-refractivity contribution in [3.63, 3.8) is 0 Å². The summed E-state index contributed by atoms with van der Waals surface area (Å²) < 4.78 is 12.1. The van der Waals surface area contributed by atoms with Crippen LogP contribution in [0.15, 0.2) is 82.8 Å². The number of likely N-dealkylation sites (N-methyl/N-ethyl adjacent to an activating group) is 1. The molecule has 1 aromatic carbocycles. The molecule has 9 nitrogen and oxygen atoms in total. The number of carbonyl (C=O) groups excluding carboxylic acids is 3. The molecule has 238 valence electrons. The van der Waals surface area contributed by atoms with E-state index in [-0.39, 0.29) is 42.7 Å². The molecule has 0 aromatic heterocycles. The molecule has 5 atom stereocenters. The summed E-state index contributed by atoms with van der Waals surface area (Å²) in [6.07, 6.45) is 14.7. The molecule has 5 aliphatic rings. The standard InChI is InChI=1S/C36H43N3O6/c1-3-38-30-18-25-9-5-4-8-24(25)17-26(30)21-44-34(43)36-33(42)29-11-7-6-10-28(29)32(41)35(36,45-36)19-27(20-40)22(2)12-13-23-14-15-39-31(37)16-23/h5-7,9-11,14,16,18,24,26,30,38-40H,3-4,8,12-13,15,17,19-21,37H2,1-2H3. The number of ketones is 2. The van der Waals surface area contributed by atoms with Crippen LogP contribution in [0.1, 0.15) is 73.1 Å². The molecule has 2 aliphatic heterocycles. The van der Waals surface area contributed by atoms with Crippen LogP contribution in [0.4, 0.5) is 0 Å². The van der Waals surface area contributed by atoms with Crippen molar-refractivity contribution in [1.82, 2.24) is 10.6 Å². The molecular formula is C36H43N3O6. The number of nitrogens with one attached hydrogen (secondary N) is 2. The second-order valence-corrected chi connectivity index (χ2v) is 12.8. The fourth-order valence-corrected chi connectivity index (χ4v) is 7.47. The fourth-order valence-electron chi connectivity index (χ4n) is 7.47. The van der Waals surface area contributed by atoms with Gasteiger partial charge in [0.05, 0.1) is 19.0 Å². The minimum absolute atomic E-state index is 0.0166. The summed E-state index contributed by atoms with van der Waals surface area (Å²) in [7, 11) is 0. The Morgan fingerprint density at radius 3 is 2.73 bits per heavy atom. The van der Waals surface area contributed by atoms with Gasteiger partial charge < -0.3 is 30.9 Å². The minimum Gasteiger partial charge on any atom is -0.463 e. The summed E-state index contributed by atoms with van der Waals surface area (Å²) in [4.78, 5) is 42.2. The van der Waals surface area contributed by atoms with Crippen molar-refractivity contribution < 1.29 is 29.0 Å². The van der Waals surface area contributed by atoms with E-state index in [1.807, 2.05) is 19.9 Å². The number of epoxide rings is 1. The molecule has 45 heavy (non-hydrogen) atoms. The van der Waals surface area contributed by atoms with E-state index in [1.165, 1.54) is 5.57 Å². The highest BCUT2D eigenvalue weighted by molar-refractivity contribution is 6.32. The summed E-state index contributed by atoms with van der Waals surface area (Å²) in [5.41, 5.74) is 6.29. The van der Waals surface area contributed by atoms with Crippen LogP contribution in [0.3, 0.4) is 0 Å². The first-order valence-corrected chi connectivity index (χ1v) is 16.1. The van der Waals surface area contributed by atoms with Gasteiger partial charge in [0.25, 0.3) is 5.60 Å². The van der Waals surface area contributed by atoms with E-state index in [0.717, 1.165) is 37.0 Å². The van der Waals surface area contributed by atoms with Crippen LogP contribution in [0.2, 0.25) is 0 Å². The maximum absolute atomic E-state index is 14.1. The molecule has 3 aliphatic carbocycles. The van der Waals surface area contributed by atoms with Crippen LogP contribution in [0.25, 0.3) is 0 Å². The van der Waals surface area contributed by atoms with E-state index in [9.17, 15) is 19.5 Å². The molecule has 1 aromatic rings. The lowest BCUT2D eigenvalue weighted by Gasteiger charge is -2.36. The largest absolute Gasteiger partial charge is 0.463 e. The molecule has 9 heteroatoms. The van der Waals surface area contributed by atoms with Crippen LogP contribution in [0, 0.1) is 11.8 Å². The van der Waals surface area contributed by atoms with E-state index >= 15 is 0 Å². The molecular weight excluding hydrogens is 570 g/mol. The first kappa shape index (κ1) is 31.2. The number of hydrogen-bond acceptors (Lipinski definition) is 9. The molecule has 0 amide bonds. The third kappa shape index (κ3) is 5.51. The highest BCUT2D eigenvalue weighted by Crippen LogP contribution is 2.59. The number of carbonyl (C=O) groups is 3. The van der Waals surface area contributed by atoms with Gasteiger partial charge in [0, 0.05) is 36.1 Å². The molecule has 0 saturated carbocycles. The zero-order chi connectivity index (χ0) is 31.8. The molecule has 2 heterocycles. The molecule has 0 radical (unpaired) electrons. The predicted octanol–water partition coefficient (Wildman–Crippen LogP) is 3.82. The Balaban J connectivity index is 1.26. The van der Waals surface area contributed by atoms with Gasteiger partial charge in [0.2, 0.25) is 5.78 Å². The summed E-state index contributed by atoms with van der Waals surface area (Å²) in [6.45, 7) is 5.13. The molecule has 0 bridgehead atoms. The van der Waals surface area contributed by atoms with Crippen molar-refractivity contribution >= 4 is 17.5 Å². The Morgan fingerprint density at radius 1 is 1.22 bits per heavy atom. The number of benzene rings is 1. The third-order valence-electron chi connectivity index (χ3n) is 10.1. The Bertz CT molecular complexity index is 1550. The lowest BCUT2D eigenvalue weighted by Crippen LogP contribution is -2.51. The van der Waals surface area contributed by atoms with Gasteiger partial charge in [-0.3, -0.25) is 9.59 Å². The van der Waals surface area contributed by atoms with Gasteiger partial charge in [-0.2, -0.15) is 0 Å². The summed E-state index contributed by atoms with van der Waals surface area (Å²) in [6, 6.07) is 6.54. The van der Waals surface area contributed by atoms with Crippen molar-refractivity contribution in [2.45, 2.75) is 69.6 Å². The number of dihydropyridines is 1. The molecule has 5 N–H and O–H groups in total. The number of nitrogens with two attached hydrogens (primary N) is 1. The Kier molecular flexibility index (Phi) is 8.70. The zero-order valence-corrected chi connectivity index (χ0v) is 26.1. The maximum Gasteiger partial charge on any atom is 0.350 e. The van der Waals surface area contributed by atoms with E-state index in [0.29, 0.717) is 36.7 Å². The fraction of sp³-hybridized carbons (Fsp3) is 0.472. The lowest BCUT2D eigenvalue weighted by molar-refractivity contribution is -0.150. The van der Waals surface area contributed by atoms with E-state index < -0.39 is 28.7 Å². The normalized spacial score (nSPS) is 30.5. The Labute approximate surface area is 264 Å². The van der Waals surface area contributed by atoms with Crippen molar-refractivity contribution in [2.24, 2.45) is 17.6 Å². The molecule has 1 saturated heterocycles. The first-order chi connectivity index (χ1) is 21.7. The number of allylic oxidation sites excluding steroid dienone is 6. The number of hydrogen-bond donors (Lipinski definition) is 4. The van der Waals surface area contributed by atoms with Gasteiger partial charge in [-0.1, -0.05) is 61.1 Å². The van der Waals surface area contributed by atoms with Crippen LogP contribution < -0.4 is 16.4 Å². The van der Waals surface area contributed by atoms with Gasteiger partial charge in [-0.05, 0) is 74.3 Å². The number of rotatable bonds is 11. The molecule has 0 spiro atoms. The van der Waals surface area contributed by atoms with Crippen molar-refractivity contribution in [3.05, 3.63) is 93.9 Å². The maximum atomic E-state index is 14.1. The SMILES string of the molecule is CCNC1C=C2C=CCCC2CC1COC(=O)C12OC1(CC(CO)=C(C)CCC1=CCNC(N)=C1)C(=O)c1ccccc1C2=O. The summed E-state index contributed by atoms with van der Waals surface area (Å²) >= 11 is 0. The van der Waals surface area contributed by atoms with Crippen molar-refractivity contribution in [2.75, 3.05) is 26.3 Å². The van der Waals surface area contributed by atoms with Gasteiger partial charge >= 0.3 is 5.97 Å². The lowest BCUT2D eigenvalue weighted by atomic mass is 9.71. The number of esters is 1. The average molecular weight is 614 g/mol. The quantitative estimate of drug-likeness (QED) is 0.127. The van der Waals surface area contributed by atoms with Crippen LogP contribution in [-0.4, -0.2) is 66.2 Å². The predicted molar refractivity (Wildman–Crippen MR) is 170 cm³/mol. The van der Waals surface area contributed by atoms with Gasteiger partial charge in [0.15, 0.2) is 11.4 Å². The van der Waals surface area contributed by atoms with Crippen molar-refractivity contribution in [1.29, 1.82) is 0 Å². The van der Waals surface area contributed by atoms with Crippen LogP contribution in [-0.2, 0) is 14.3 Å². The summed E-state index contributed by atoms with van der Waals surface area (Å²) in [5.74, 6) is -0.811. The third-order valence-corrected chi connectivity index (χ3v) is 10.1. The molecule has 6 rings (SSSR count). The second-order valence-electron chi connectivity index (χ2n) is 12.8. The van der Waals surface area contributed by atoms with E-state index in [1.54, 1.807) is 24.3 Å². The highest BCUT2D eigenvalue weighted by atomic mass is 16.7. The summed E-state index contributed by atoms with van der Waals surface area (Å²) in [5, 5.41) is 17.0. The average Bonchev–Trinajstić information content (AvgIpc) is 3.75. The van der Waals surface area contributed by atoms with E-state index in [2.05, 4.69) is 34.9 Å². The number of Topliss-reactive ketones (excluding diaryl/α,β-unsaturated/α-hetero) is 2. The number of ether oxygens (including phenoxy) is 2. The van der Waals surface area contributed by atoms with Crippen LogP contribution in [0.5, 0.6) is 0 Å². The van der Waals surface area contributed by atoms with Gasteiger partial charge in [0.1, 0.15) is 0 Å². The first-order valence-electron chi connectivity index (χ1n) is 16.1. The molecule has 5 unspecified atom stereocenters. The monoisotopic (exact) mass is 613 g/mol. The zero-order valence-electron chi connectivity index (χ0n) is 26.1. The highest BCUT2D eigenvalue weighted by Gasteiger charge is 2.85.